The van der Waals surface area contributed by atoms with Gasteiger partial charge in [0.1, 0.15) is 11.3 Å². The number of likely N-dealkylation sites (tertiary alicyclic amines) is 1. The molecule has 9 nitrogen and oxygen atoms in total. The van der Waals surface area contributed by atoms with Gasteiger partial charge in [-0.05, 0) is 80.8 Å². The molecule has 8 rings (SSSR count). The second kappa shape index (κ2) is 9.84. The molecule has 9 heteroatoms. The van der Waals surface area contributed by atoms with Crippen LogP contribution in [-0.2, 0) is 13.6 Å². The van der Waals surface area contributed by atoms with Gasteiger partial charge in [-0.25, -0.2) is 4.98 Å². The SMILES string of the molecule is COc1cc(C(=O)N2CC3CCC2[C@@H]3N)cc2nc(-c3cc4cccc(Nc5ccnc(C)c5)c4n3CC3CC3)n(C)c12. The molecule has 3 fully saturated rings. The molecule has 1 amide bonds. The molecule has 1 aliphatic heterocycles. The molecule has 3 aromatic heterocycles. The van der Waals surface area contributed by atoms with Gasteiger partial charge in [0.25, 0.3) is 5.91 Å². The van der Waals surface area contributed by atoms with Crippen LogP contribution in [0.25, 0.3) is 33.5 Å². The van der Waals surface area contributed by atoms with Crippen LogP contribution in [0.5, 0.6) is 5.75 Å². The number of aromatic nitrogens is 4. The number of piperidine rings is 1. The molecule has 4 heterocycles. The average Bonchev–Trinajstić information content (AvgIpc) is 3.39. The lowest BCUT2D eigenvalue weighted by Crippen LogP contribution is -2.41. The fourth-order valence-electron chi connectivity index (χ4n) is 7.40. The maximum absolute atomic E-state index is 13.7. The van der Waals surface area contributed by atoms with Crippen LogP contribution in [0, 0.1) is 18.8 Å². The molecule has 2 aliphatic carbocycles. The van der Waals surface area contributed by atoms with Crippen molar-refractivity contribution < 1.29 is 9.53 Å². The number of amides is 1. The lowest BCUT2D eigenvalue weighted by molar-refractivity contribution is 0.0700. The van der Waals surface area contributed by atoms with Gasteiger partial charge in [0.05, 0.1) is 29.5 Å². The number of benzene rings is 2. The van der Waals surface area contributed by atoms with E-state index < -0.39 is 0 Å². The van der Waals surface area contributed by atoms with Crippen LogP contribution < -0.4 is 15.8 Å². The van der Waals surface area contributed by atoms with Crippen molar-refractivity contribution in [1.29, 1.82) is 0 Å². The zero-order valence-electron chi connectivity index (χ0n) is 24.9. The fourth-order valence-corrected chi connectivity index (χ4v) is 7.40. The maximum Gasteiger partial charge on any atom is 0.254 e. The third-order valence-electron chi connectivity index (χ3n) is 9.78. The van der Waals surface area contributed by atoms with Crippen molar-refractivity contribution >= 4 is 39.2 Å². The van der Waals surface area contributed by atoms with E-state index in [-0.39, 0.29) is 18.0 Å². The maximum atomic E-state index is 13.7. The normalized spacial score (nSPS) is 21.3. The number of methoxy groups -OCH3 is 1. The highest BCUT2D eigenvalue weighted by molar-refractivity contribution is 6.01. The number of imidazole rings is 1. The minimum absolute atomic E-state index is 0.0139. The van der Waals surface area contributed by atoms with E-state index in [4.69, 9.17) is 15.5 Å². The Bertz CT molecular complexity index is 1900. The number of nitrogens with zero attached hydrogens (tertiary/aromatic N) is 5. The number of pyridine rings is 1. The van der Waals surface area contributed by atoms with E-state index in [0.717, 1.165) is 76.5 Å². The first-order valence-corrected chi connectivity index (χ1v) is 15.3. The molecule has 3 atom stereocenters. The van der Waals surface area contributed by atoms with Crippen LogP contribution in [0.2, 0.25) is 0 Å². The second-order valence-electron chi connectivity index (χ2n) is 12.6. The molecular formula is C34H37N7O2. The highest BCUT2D eigenvalue weighted by Gasteiger charge is 2.47. The summed E-state index contributed by atoms with van der Waals surface area (Å²) in [6, 6.07) is 16.7. The Labute approximate surface area is 250 Å². The third kappa shape index (κ3) is 4.28. The molecule has 5 aromatic rings. The summed E-state index contributed by atoms with van der Waals surface area (Å²) in [5, 5.41) is 4.80. The van der Waals surface area contributed by atoms with Gasteiger partial charge in [-0.15, -0.1) is 0 Å². The molecule has 3 N–H and O–H groups in total. The number of fused-ring (bicyclic) bond motifs is 4. The first-order chi connectivity index (χ1) is 20.9. The molecule has 1 saturated heterocycles. The summed E-state index contributed by atoms with van der Waals surface area (Å²) >= 11 is 0. The van der Waals surface area contributed by atoms with Crippen molar-refractivity contribution in [2.24, 2.45) is 24.6 Å². The number of aryl methyl sites for hydroxylation is 2. The molecule has 2 unspecified atom stereocenters. The highest BCUT2D eigenvalue weighted by Crippen LogP contribution is 2.41. The number of nitrogens with two attached hydrogens (primary N) is 1. The van der Waals surface area contributed by atoms with Crippen LogP contribution in [0.3, 0.4) is 0 Å². The number of hydrogen-bond acceptors (Lipinski definition) is 6. The van der Waals surface area contributed by atoms with Gasteiger partial charge in [-0.2, -0.15) is 0 Å². The number of carbonyl (C=O) groups is 1. The molecule has 2 bridgehead atoms. The summed E-state index contributed by atoms with van der Waals surface area (Å²) in [6.07, 6.45) is 6.40. The molecule has 0 spiro atoms. The molecule has 2 aromatic carbocycles. The number of nitrogens with one attached hydrogen (secondary N) is 1. The molecule has 0 radical (unpaired) electrons. The van der Waals surface area contributed by atoms with Crippen LogP contribution in [0.15, 0.2) is 54.7 Å². The highest BCUT2D eigenvalue weighted by atomic mass is 16.5. The number of anilines is 2. The summed E-state index contributed by atoms with van der Waals surface area (Å²) in [5.74, 6) is 2.57. The first kappa shape index (κ1) is 26.3. The van der Waals surface area contributed by atoms with Gasteiger partial charge in [-0.1, -0.05) is 12.1 Å². The number of ether oxygens (including phenoxy) is 1. The third-order valence-corrected chi connectivity index (χ3v) is 9.78. The Balaban J connectivity index is 1.24. The summed E-state index contributed by atoms with van der Waals surface area (Å²) in [4.78, 5) is 25.2. The number of rotatable bonds is 7. The number of para-hydroxylation sites is 1. The van der Waals surface area contributed by atoms with Gasteiger partial charge in [0, 0.05) is 60.7 Å². The van der Waals surface area contributed by atoms with E-state index in [1.54, 1.807) is 7.11 Å². The van der Waals surface area contributed by atoms with E-state index in [1.807, 2.05) is 43.3 Å². The number of hydrogen-bond donors (Lipinski definition) is 2. The predicted octanol–water partition coefficient (Wildman–Crippen LogP) is 5.62. The molecule has 220 valence electrons. The average molecular weight is 576 g/mol. The summed E-state index contributed by atoms with van der Waals surface area (Å²) in [7, 11) is 3.69. The van der Waals surface area contributed by atoms with Crippen LogP contribution in [0.1, 0.15) is 41.7 Å². The van der Waals surface area contributed by atoms with Crippen molar-refractivity contribution in [2.45, 2.75) is 51.2 Å². The Kier molecular flexibility index (Phi) is 6.01. The first-order valence-electron chi connectivity index (χ1n) is 15.3. The predicted molar refractivity (Wildman–Crippen MR) is 169 cm³/mol. The van der Waals surface area contributed by atoms with E-state index in [9.17, 15) is 4.79 Å². The van der Waals surface area contributed by atoms with Gasteiger partial charge in [0.15, 0.2) is 5.82 Å². The van der Waals surface area contributed by atoms with E-state index in [1.165, 1.54) is 12.8 Å². The Hall–Kier alpha value is -4.37. The minimum Gasteiger partial charge on any atom is -0.494 e. The number of carbonyl (C=O) groups excluding carboxylic acids is 1. The van der Waals surface area contributed by atoms with Gasteiger partial charge >= 0.3 is 0 Å². The largest absolute Gasteiger partial charge is 0.494 e. The summed E-state index contributed by atoms with van der Waals surface area (Å²) < 4.78 is 10.4. The lowest BCUT2D eigenvalue weighted by Gasteiger charge is -2.27. The van der Waals surface area contributed by atoms with Crippen molar-refractivity contribution in [3.05, 3.63) is 66.0 Å². The van der Waals surface area contributed by atoms with Gasteiger partial charge in [0.2, 0.25) is 0 Å². The zero-order valence-corrected chi connectivity index (χ0v) is 24.9. The van der Waals surface area contributed by atoms with Crippen LogP contribution in [-0.4, -0.2) is 55.6 Å². The minimum atomic E-state index is 0.0139. The zero-order chi connectivity index (χ0) is 29.4. The van der Waals surface area contributed by atoms with E-state index in [0.29, 0.717) is 23.1 Å². The van der Waals surface area contributed by atoms with Crippen molar-refractivity contribution in [3.63, 3.8) is 0 Å². The van der Waals surface area contributed by atoms with Crippen molar-refractivity contribution in [2.75, 3.05) is 19.0 Å². The Morgan fingerprint density at radius 1 is 1.09 bits per heavy atom. The summed E-state index contributed by atoms with van der Waals surface area (Å²) in [5.41, 5.74) is 13.9. The Morgan fingerprint density at radius 2 is 1.95 bits per heavy atom. The van der Waals surface area contributed by atoms with Gasteiger partial charge < -0.3 is 29.8 Å². The topological polar surface area (TPSA) is 103 Å². The molecule has 2 saturated carbocycles. The van der Waals surface area contributed by atoms with Crippen LogP contribution in [0.4, 0.5) is 11.4 Å². The van der Waals surface area contributed by atoms with Gasteiger partial charge in [-0.3, -0.25) is 9.78 Å². The van der Waals surface area contributed by atoms with Crippen LogP contribution >= 0.6 is 0 Å². The van der Waals surface area contributed by atoms with E-state index >= 15 is 0 Å². The van der Waals surface area contributed by atoms with E-state index in [2.05, 4.69) is 49.8 Å². The standard InChI is InChI=1S/C34H37N7O2/c1-19-13-24(11-12-36-19)37-25-6-4-5-21-15-28(40(31(21)25)17-20-7-8-20)33-38-26-14-23(16-29(43-3)32(26)39(33)2)34(42)41-18-22-9-10-27(41)30(22)35/h4-6,11-16,20,22,27,30H,7-10,17-18,35H2,1-3H3,(H,36,37)/t22?,27?,30-/m1/s1. The monoisotopic (exact) mass is 575 g/mol. The molecule has 43 heavy (non-hydrogen) atoms. The van der Waals surface area contributed by atoms with Crippen molar-refractivity contribution in [1.82, 2.24) is 24.0 Å². The van der Waals surface area contributed by atoms with Crippen molar-refractivity contribution in [3.8, 4) is 17.3 Å². The quantitative estimate of drug-likeness (QED) is 0.261. The second-order valence-corrected chi connectivity index (χ2v) is 12.6. The Morgan fingerprint density at radius 3 is 2.67 bits per heavy atom. The smallest absolute Gasteiger partial charge is 0.254 e. The lowest BCUT2D eigenvalue weighted by atomic mass is 10.1. The molecule has 3 aliphatic rings. The summed E-state index contributed by atoms with van der Waals surface area (Å²) in [6.45, 7) is 3.66. The molecular weight excluding hydrogens is 538 g/mol. The fraction of sp³-hybridized carbons (Fsp3) is 0.382.